The third-order valence-electron chi connectivity index (χ3n) is 3.98. The highest BCUT2D eigenvalue weighted by Gasteiger charge is 2.42. The number of nitrogens with zero attached hydrogens (tertiary/aromatic N) is 2. The van der Waals surface area contributed by atoms with E-state index in [1.54, 1.807) is 29.0 Å². The largest absolute Gasteiger partial charge is 0.481 e. The molecule has 144 valence electrons. The van der Waals surface area contributed by atoms with Crippen LogP contribution < -0.4 is 4.74 Å². The first kappa shape index (κ1) is 20.8. The third kappa shape index (κ3) is 4.81. The Bertz CT molecular complexity index is 984. The van der Waals surface area contributed by atoms with Gasteiger partial charge in [-0.15, -0.1) is 19.3 Å². The summed E-state index contributed by atoms with van der Waals surface area (Å²) < 4.78 is 45.5. The molecule has 0 atom stereocenters. The van der Waals surface area contributed by atoms with Crippen LogP contribution in [-0.2, 0) is 17.8 Å². The molecule has 1 aromatic heterocycles. The van der Waals surface area contributed by atoms with E-state index >= 15 is 0 Å². The second kappa shape index (κ2) is 8.93. The topological polar surface area (TPSA) is 34.5 Å². The molecule has 0 unspecified atom stereocenters. The van der Waals surface area contributed by atoms with E-state index in [9.17, 15) is 18.0 Å². The first-order chi connectivity index (χ1) is 13.3. The molecule has 1 heterocycles. The van der Waals surface area contributed by atoms with Crippen molar-refractivity contribution in [3.05, 3.63) is 30.0 Å². The fraction of sp³-hybridized carbons (Fsp3) is 0.286. The average Bonchev–Trinajstić information content (AvgIpc) is 2.99. The second-order valence-electron chi connectivity index (χ2n) is 5.84. The van der Waals surface area contributed by atoms with Crippen LogP contribution in [-0.4, -0.2) is 41.2 Å². The summed E-state index contributed by atoms with van der Waals surface area (Å²) >= 11 is 0. The summed E-state index contributed by atoms with van der Waals surface area (Å²) in [4.78, 5) is 12.2. The lowest BCUT2D eigenvalue weighted by Gasteiger charge is -2.21. The monoisotopic (exact) mass is 386 g/mol. The van der Waals surface area contributed by atoms with Crippen molar-refractivity contribution < 1.29 is 22.7 Å². The van der Waals surface area contributed by atoms with Crippen LogP contribution in [0.15, 0.2) is 24.4 Å². The molecule has 1 aromatic carbocycles. The van der Waals surface area contributed by atoms with Gasteiger partial charge in [-0.25, -0.2) is 0 Å². The number of hydrogen-bond donors (Lipinski definition) is 0. The van der Waals surface area contributed by atoms with Crippen LogP contribution in [0.1, 0.15) is 5.56 Å². The van der Waals surface area contributed by atoms with Gasteiger partial charge in [-0.1, -0.05) is 17.8 Å². The highest BCUT2D eigenvalue weighted by atomic mass is 19.4. The van der Waals surface area contributed by atoms with Gasteiger partial charge in [-0.05, 0) is 30.2 Å². The number of hydrogen-bond acceptors (Lipinski definition) is 2. The van der Waals surface area contributed by atoms with E-state index in [0.717, 1.165) is 10.9 Å². The summed E-state index contributed by atoms with van der Waals surface area (Å²) in [7, 11) is 0. The van der Waals surface area contributed by atoms with Crippen LogP contribution in [0.2, 0.25) is 0 Å². The second-order valence-corrected chi connectivity index (χ2v) is 5.84. The summed E-state index contributed by atoms with van der Waals surface area (Å²) in [6, 6.07) is 5.27. The molecular weight excluding hydrogens is 369 g/mol. The molecule has 0 saturated heterocycles. The minimum atomic E-state index is -4.98. The minimum Gasteiger partial charge on any atom is -0.481 e. The van der Waals surface area contributed by atoms with Crippen LogP contribution >= 0.6 is 0 Å². The van der Waals surface area contributed by atoms with Crippen LogP contribution in [0, 0.1) is 37.0 Å². The van der Waals surface area contributed by atoms with Crippen molar-refractivity contribution in [2.24, 2.45) is 0 Å². The number of fused-ring (bicyclic) bond motifs is 1. The summed E-state index contributed by atoms with van der Waals surface area (Å²) in [5, 5.41) is 0.755. The normalized spacial score (nSPS) is 10.7. The Morgan fingerprint density at radius 1 is 1.18 bits per heavy atom. The van der Waals surface area contributed by atoms with Gasteiger partial charge in [0.25, 0.3) is 0 Å². The lowest BCUT2D eigenvalue weighted by molar-refractivity contribution is -0.184. The molecule has 2 aromatic rings. The number of rotatable bonds is 7. The first-order valence-corrected chi connectivity index (χ1v) is 8.22. The Balaban J connectivity index is 2.34. The van der Waals surface area contributed by atoms with Gasteiger partial charge in [0.1, 0.15) is 12.4 Å². The Morgan fingerprint density at radius 2 is 1.93 bits per heavy atom. The zero-order valence-electron chi connectivity index (χ0n) is 14.9. The molecule has 0 N–H and O–H groups in total. The van der Waals surface area contributed by atoms with Crippen molar-refractivity contribution in [2.45, 2.75) is 19.1 Å². The Morgan fingerprint density at radius 3 is 2.54 bits per heavy atom. The molecule has 7 heteroatoms. The molecule has 0 bridgehead atoms. The molecule has 28 heavy (non-hydrogen) atoms. The van der Waals surface area contributed by atoms with E-state index in [-0.39, 0.29) is 26.1 Å². The number of aromatic nitrogens is 1. The molecule has 0 aliphatic rings. The molecule has 4 nitrogen and oxygen atoms in total. The van der Waals surface area contributed by atoms with E-state index in [0.29, 0.717) is 16.2 Å². The van der Waals surface area contributed by atoms with Crippen molar-refractivity contribution in [2.75, 3.05) is 19.7 Å². The third-order valence-corrected chi connectivity index (χ3v) is 3.98. The van der Waals surface area contributed by atoms with Gasteiger partial charge in [0.15, 0.2) is 0 Å². The van der Waals surface area contributed by atoms with Crippen molar-refractivity contribution in [1.82, 2.24) is 9.47 Å². The van der Waals surface area contributed by atoms with Gasteiger partial charge < -0.3 is 14.2 Å². The van der Waals surface area contributed by atoms with Crippen LogP contribution in [0.5, 0.6) is 5.75 Å². The van der Waals surface area contributed by atoms with Gasteiger partial charge in [0, 0.05) is 23.6 Å². The summed E-state index contributed by atoms with van der Waals surface area (Å²) in [6.45, 7) is -0.246. The maximum Gasteiger partial charge on any atom is 0.471 e. The van der Waals surface area contributed by atoms with Gasteiger partial charge in [0.05, 0.1) is 13.1 Å². The zero-order chi connectivity index (χ0) is 20.7. The molecule has 0 radical (unpaired) electrons. The minimum absolute atomic E-state index is 0.0853. The van der Waals surface area contributed by atoms with Gasteiger partial charge in [-0.3, -0.25) is 4.79 Å². The predicted molar refractivity (Wildman–Crippen MR) is 100 cm³/mol. The molecule has 0 aliphatic heterocycles. The number of ether oxygens (including phenoxy) is 1. The van der Waals surface area contributed by atoms with Gasteiger partial charge in [0.2, 0.25) is 0 Å². The lowest BCUT2D eigenvalue weighted by Crippen LogP contribution is -2.42. The molecule has 2 rings (SSSR count). The van der Waals surface area contributed by atoms with Crippen LogP contribution in [0.25, 0.3) is 10.9 Å². The highest BCUT2D eigenvalue weighted by Crippen LogP contribution is 2.27. The van der Waals surface area contributed by atoms with E-state index < -0.39 is 18.6 Å². The standard InChI is InChI=1S/C21H17F3N2O2/c1-4-10-25(20(27)21(22,23)24)12-9-16-15-26(11-5-2)19-8-7-17(14-18(16)19)28-13-6-3/h1-3,7-8,14-15H,9-13H2. The van der Waals surface area contributed by atoms with E-state index in [1.165, 1.54) is 0 Å². The highest BCUT2D eigenvalue weighted by molar-refractivity contribution is 5.86. The van der Waals surface area contributed by atoms with Crippen LogP contribution in [0.3, 0.4) is 0 Å². The number of alkyl halides is 3. The molecule has 0 aliphatic carbocycles. The quantitative estimate of drug-likeness (QED) is 0.686. The van der Waals surface area contributed by atoms with E-state index in [2.05, 4.69) is 17.8 Å². The number of carbonyl (C=O) groups excluding carboxylic acids is 1. The molecule has 1 amide bonds. The van der Waals surface area contributed by atoms with E-state index in [4.69, 9.17) is 24.0 Å². The van der Waals surface area contributed by atoms with Crippen LogP contribution in [0.4, 0.5) is 13.2 Å². The Kier molecular flexibility index (Phi) is 6.64. The fourth-order valence-corrected chi connectivity index (χ4v) is 2.79. The molecule has 0 saturated carbocycles. The first-order valence-electron chi connectivity index (χ1n) is 8.22. The average molecular weight is 386 g/mol. The number of amides is 1. The van der Waals surface area contributed by atoms with Crippen molar-refractivity contribution in [3.63, 3.8) is 0 Å². The lowest BCUT2D eigenvalue weighted by atomic mass is 10.1. The predicted octanol–water partition coefficient (Wildman–Crippen LogP) is 2.85. The summed E-state index contributed by atoms with van der Waals surface area (Å²) in [6.07, 6.45) is 12.6. The van der Waals surface area contributed by atoms with Gasteiger partial charge >= 0.3 is 12.1 Å². The number of terminal acetylenes is 3. The molecular formula is C21H17F3N2O2. The SMILES string of the molecule is C#CCOc1ccc2c(c1)c(CCN(CC#C)C(=O)C(F)(F)F)cn2CC#C. The maximum atomic E-state index is 12.8. The van der Waals surface area contributed by atoms with Crippen molar-refractivity contribution >= 4 is 16.8 Å². The van der Waals surface area contributed by atoms with Gasteiger partial charge in [-0.2, -0.15) is 13.2 Å². The van der Waals surface area contributed by atoms with Crippen molar-refractivity contribution in [3.8, 4) is 42.8 Å². The summed E-state index contributed by atoms with van der Waals surface area (Å²) in [5.74, 6) is 5.54. The molecule has 0 fully saturated rings. The van der Waals surface area contributed by atoms with Crippen molar-refractivity contribution in [1.29, 1.82) is 0 Å². The smallest absolute Gasteiger partial charge is 0.471 e. The van der Waals surface area contributed by atoms with E-state index in [1.807, 2.05) is 0 Å². The Labute approximate surface area is 161 Å². The maximum absolute atomic E-state index is 12.8. The molecule has 0 spiro atoms. The summed E-state index contributed by atoms with van der Waals surface area (Å²) in [5.41, 5.74) is 1.51. The number of benzene rings is 1. The fourth-order valence-electron chi connectivity index (χ4n) is 2.79. The number of carbonyl (C=O) groups is 1. The number of halogens is 3. The Hall–Kier alpha value is -3.50. The zero-order valence-corrected chi connectivity index (χ0v) is 14.9.